The van der Waals surface area contributed by atoms with Gasteiger partial charge in [0.1, 0.15) is 12.2 Å². The molecule has 0 spiro atoms. The van der Waals surface area contributed by atoms with Gasteiger partial charge in [-0.05, 0) is 25.0 Å². The number of benzene rings is 2. The standard InChI is InChI=1S/C24H26O9/c1-16(18-9-5-3-6-10-18)32-22(27)14-30-21(26)13-20(25)24(29)31-15-23(28)33-17(2)19-11-7-4-8-12-19/h3-12,16-17,20,25H,13-15H2,1-2H3. The van der Waals surface area contributed by atoms with Crippen LogP contribution in [0.15, 0.2) is 60.7 Å². The fourth-order valence-electron chi connectivity index (χ4n) is 2.71. The summed E-state index contributed by atoms with van der Waals surface area (Å²) in [5.74, 6) is -3.81. The molecule has 3 unspecified atom stereocenters. The summed E-state index contributed by atoms with van der Waals surface area (Å²) in [5, 5.41) is 9.78. The highest BCUT2D eigenvalue weighted by Crippen LogP contribution is 2.17. The molecule has 0 aliphatic heterocycles. The molecular formula is C24H26O9. The van der Waals surface area contributed by atoms with E-state index in [1.165, 1.54) is 0 Å². The van der Waals surface area contributed by atoms with Crippen LogP contribution in [0.1, 0.15) is 43.6 Å². The Morgan fingerprint density at radius 2 is 1.12 bits per heavy atom. The number of carbonyl (C=O) groups is 4. The molecule has 0 amide bonds. The molecule has 0 aromatic heterocycles. The Kier molecular flexibility index (Phi) is 10.0. The van der Waals surface area contributed by atoms with Gasteiger partial charge >= 0.3 is 23.9 Å². The highest BCUT2D eigenvalue weighted by atomic mass is 16.6. The number of ether oxygens (including phenoxy) is 4. The number of carbonyl (C=O) groups excluding carboxylic acids is 4. The zero-order valence-electron chi connectivity index (χ0n) is 18.3. The lowest BCUT2D eigenvalue weighted by Gasteiger charge is -2.15. The summed E-state index contributed by atoms with van der Waals surface area (Å²) in [7, 11) is 0. The molecule has 33 heavy (non-hydrogen) atoms. The fraction of sp³-hybridized carbons (Fsp3) is 0.333. The summed E-state index contributed by atoms with van der Waals surface area (Å²) in [5.41, 5.74) is 1.53. The molecule has 2 aromatic rings. The minimum Gasteiger partial charge on any atom is -0.455 e. The van der Waals surface area contributed by atoms with Crippen molar-refractivity contribution in [3.05, 3.63) is 71.8 Å². The van der Waals surface area contributed by atoms with Crippen LogP contribution in [-0.2, 0) is 38.1 Å². The first-order valence-electron chi connectivity index (χ1n) is 10.3. The van der Waals surface area contributed by atoms with Crippen LogP contribution < -0.4 is 0 Å². The van der Waals surface area contributed by atoms with Crippen LogP contribution in [0.25, 0.3) is 0 Å². The molecule has 0 saturated heterocycles. The number of aliphatic hydroxyl groups is 1. The molecule has 0 aliphatic carbocycles. The SMILES string of the molecule is CC(OC(=O)COC(=O)CC(O)C(=O)OCC(=O)OC(C)c1ccccc1)c1ccccc1. The molecule has 176 valence electrons. The van der Waals surface area contributed by atoms with Crippen molar-refractivity contribution in [2.75, 3.05) is 13.2 Å². The topological polar surface area (TPSA) is 125 Å². The highest BCUT2D eigenvalue weighted by Gasteiger charge is 2.24. The van der Waals surface area contributed by atoms with Crippen LogP contribution in [0.2, 0.25) is 0 Å². The Hall–Kier alpha value is -3.72. The van der Waals surface area contributed by atoms with Crippen molar-refractivity contribution in [2.45, 2.75) is 38.6 Å². The Morgan fingerprint density at radius 3 is 1.58 bits per heavy atom. The van der Waals surface area contributed by atoms with Crippen molar-refractivity contribution < 1.29 is 43.2 Å². The van der Waals surface area contributed by atoms with E-state index in [-0.39, 0.29) is 0 Å². The Morgan fingerprint density at radius 1 is 0.697 bits per heavy atom. The molecule has 2 aromatic carbocycles. The smallest absolute Gasteiger partial charge is 0.344 e. The normalized spacial score (nSPS) is 13.2. The lowest BCUT2D eigenvalue weighted by atomic mass is 10.1. The molecule has 2 rings (SSSR count). The summed E-state index contributed by atoms with van der Waals surface area (Å²) < 4.78 is 19.7. The molecule has 0 heterocycles. The summed E-state index contributed by atoms with van der Waals surface area (Å²) in [6.45, 7) is 1.92. The zero-order valence-corrected chi connectivity index (χ0v) is 18.3. The average Bonchev–Trinajstić information content (AvgIpc) is 2.82. The number of hydrogen-bond acceptors (Lipinski definition) is 9. The van der Waals surface area contributed by atoms with E-state index in [0.717, 1.165) is 11.1 Å². The van der Waals surface area contributed by atoms with Crippen LogP contribution in [0.3, 0.4) is 0 Å². The molecule has 0 saturated carbocycles. The maximum Gasteiger partial charge on any atom is 0.344 e. The van der Waals surface area contributed by atoms with Gasteiger partial charge in [0.25, 0.3) is 0 Å². The summed E-state index contributed by atoms with van der Waals surface area (Å²) in [6, 6.07) is 17.9. The van der Waals surface area contributed by atoms with E-state index in [0.29, 0.717) is 0 Å². The van der Waals surface area contributed by atoms with Gasteiger partial charge in [0.2, 0.25) is 0 Å². The molecule has 0 fully saturated rings. The van der Waals surface area contributed by atoms with E-state index in [1.54, 1.807) is 62.4 Å². The maximum absolute atomic E-state index is 11.8. The second-order valence-electron chi connectivity index (χ2n) is 7.07. The van der Waals surface area contributed by atoms with Crippen molar-refractivity contribution in [3.63, 3.8) is 0 Å². The minimum atomic E-state index is -1.86. The third-order valence-electron chi connectivity index (χ3n) is 4.47. The molecular weight excluding hydrogens is 432 g/mol. The Bertz CT molecular complexity index is 927. The van der Waals surface area contributed by atoms with Gasteiger partial charge in [0.05, 0.1) is 6.42 Å². The van der Waals surface area contributed by atoms with Crippen LogP contribution in [0.5, 0.6) is 0 Å². The first-order valence-corrected chi connectivity index (χ1v) is 10.3. The van der Waals surface area contributed by atoms with Crippen molar-refractivity contribution >= 4 is 23.9 Å². The molecule has 9 nitrogen and oxygen atoms in total. The van der Waals surface area contributed by atoms with Crippen molar-refractivity contribution in [2.24, 2.45) is 0 Å². The largest absolute Gasteiger partial charge is 0.455 e. The van der Waals surface area contributed by atoms with Crippen LogP contribution in [-0.4, -0.2) is 48.3 Å². The first kappa shape index (κ1) is 25.5. The third kappa shape index (κ3) is 9.12. The van der Waals surface area contributed by atoms with Gasteiger partial charge in [0, 0.05) is 0 Å². The highest BCUT2D eigenvalue weighted by molar-refractivity contribution is 5.84. The molecule has 0 bridgehead atoms. The van der Waals surface area contributed by atoms with E-state index < -0.39 is 61.8 Å². The molecule has 0 aliphatic rings. The lowest BCUT2D eigenvalue weighted by Crippen LogP contribution is -2.30. The number of hydrogen-bond donors (Lipinski definition) is 1. The van der Waals surface area contributed by atoms with Crippen molar-refractivity contribution in [3.8, 4) is 0 Å². The minimum absolute atomic E-state index is 0.540. The van der Waals surface area contributed by atoms with Crippen LogP contribution in [0, 0.1) is 0 Å². The Labute approximate surface area is 191 Å². The molecule has 0 radical (unpaired) electrons. The van der Waals surface area contributed by atoms with E-state index in [2.05, 4.69) is 4.74 Å². The summed E-state index contributed by atoms with van der Waals surface area (Å²) in [6.07, 6.45) is -3.71. The van der Waals surface area contributed by atoms with Gasteiger partial charge < -0.3 is 24.1 Å². The number of aliphatic hydroxyl groups excluding tert-OH is 1. The second kappa shape index (κ2) is 13.0. The van der Waals surface area contributed by atoms with E-state index in [1.807, 2.05) is 12.1 Å². The quantitative estimate of drug-likeness (QED) is 0.399. The third-order valence-corrected chi connectivity index (χ3v) is 4.47. The zero-order chi connectivity index (χ0) is 24.2. The fourth-order valence-corrected chi connectivity index (χ4v) is 2.71. The van der Waals surface area contributed by atoms with Gasteiger partial charge in [-0.15, -0.1) is 0 Å². The predicted octanol–water partition coefficient (Wildman–Crippen LogP) is 2.43. The molecule has 3 atom stereocenters. The first-order chi connectivity index (χ1) is 15.8. The van der Waals surface area contributed by atoms with E-state index in [9.17, 15) is 24.3 Å². The lowest BCUT2D eigenvalue weighted by molar-refractivity contribution is -0.170. The van der Waals surface area contributed by atoms with Gasteiger partial charge in [-0.2, -0.15) is 0 Å². The Balaban J connectivity index is 1.66. The van der Waals surface area contributed by atoms with Crippen LogP contribution in [0.4, 0.5) is 0 Å². The number of esters is 4. The van der Waals surface area contributed by atoms with Gasteiger partial charge in [0.15, 0.2) is 19.3 Å². The van der Waals surface area contributed by atoms with E-state index >= 15 is 0 Å². The maximum atomic E-state index is 11.8. The van der Waals surface area contributed by atoms with Crippen molar-refractivity contribution in [1.82, 2.24) is 0 Å². The predicted molar refractivity (Wildman–Crippen MR) is 114 cm³/mol. The van der Waals surface area contributed by atoms with Crippen LogP contribution >= 0.6 is 0 Å². The summed E-state index contributed by atoms with van der Waals surface area (Å²) >= 11 is 0. The van der Waals surface area contributed by atoms with Gasteiger partial charge in [-0.3, -0.25) is 4.79 Å². The monoisotopic (exact) mass is 458 g/mol. The van der Waals surface area contributed by atoms with Gasteiger partial charge in [-0.25, -0.2) is 14.4 Å². The molecule has 1 N–H and O–H groups in total. The van der Waals surface area contributed by atoms with Gasteiger partial charge in [-0.1, -0.05) is 60.7 Å². The molecule has 9 heteroatoms. The van der Waals surface area contributed by atoms with E-state index in [4.69, 9.17) is 14.2 Å². The number of rotatable bonds is 11. The van der Waals surface area contributed by atoms with Crippen molar-refractivity contribution in [1.29, 1.82) is 0 Å². The second-order valence-corrected chi connectivity index (χ2v) is 7.07. The average molecular weight is 458 g/mol. The summed E-state index contributed by atoms with van der Waals surface area (Å²) in [4.78, 5) is 47.2.